The monoisotopic (exact) mass is 427 g/mol. The molecule has 32 heavy (non-hydrogen) atoms. The number of hydrogen-bond acceptors (Lipinski definition) is 7. The van der Waals surface area contributed by atoms with E-state index in [0.29, 0.717) is 41.8 Å². The van der Waals surface area contributed by atoms with Crippen LogP contribution in [0, 0.1) is 11.3 Å². The molecular weight excluding hydrogens is 406 g/mol. The highest BCUT2D eigenvalue weighted by atomic mass is 16.7. The minimum atomic E-state index is -0.370. The third-order valence-electron chi connectivity index (χ3n) is 5.21. The summed E-state index contributed by atoms with van der Waals surface area (Å²) in [6.07, 6.45) is -0.398. The van der Waals surface area contributed by atoms with Crippen molar-refractivity contribution in [3.8, 4) is 34.7 Å². The molecule has 7 nitrogen and oxygen atoms in total. The van der Waals surface area contributed by atoms with Crippen molar-refractivity contribution >= 4 is 10.8 Å². The normalized spacial score (nSPS) is 14.2. The van der Waals surface area contributed by atoms with Crippen LogP contribution < -0.4 is 4.74 Å². The molecule has 0 bridgehead atoms. The van der Waals surface area contributed by atoms with Crippen molar-refractivity contribution in [3.63, 3.8) is 0 Å². The SMILES string of the molecule is CC(C)Oc1ccc(-c2nc(-c3ccc(C4OCCO4)c4ccccc34)no2)cc1C#N. The van der Waals surface area contributed by atoms with Crippen LogP contribution in [0.5, 0.6) is 5.75 Å². The number of benzene rings is 3. The molecule has 0 aliphatic carbocycles. The Hall–Kier alpha value is -3.73. The van der Waals surface area contributed by atoms with Crippen molar-refractivity contribution in [1.82, 2.24) is 10.1 Å². The summed E-state index contributed by atoms with van der Waals surface area (Å²) in [6.45, 7) is 5.00. The Morgan fingerprint density at radius 1 is 1.03 bits per heavy atom. The fourth-order valence-electron chi connectivity index (χ4n) is 3.82. The summed E-state index contributed by atoms with van der Waals surface area (Å²) in [6, 6.07) is 19.4. The largest absolute Gasteiger partial charge is 0.490 e. The summed E-state index contributed by atoms with van der Waals surface area (Å²) in [5.74, 6) is 1.34. The van der Waals surface area contributed by atoms with E-state index < -0.39 is 0 Å². The summed E-state index contributed by atoms with van der Waals surface area (Å²) < 4.78 is 22.6. The maximum atomic E-state index is 9.50. The Morgan fingerprint density at radius 3 is 2.56 bits per heavy atom. The molecule has 0 spiro atoms. The number of ether oxygens (including phenoxy) is 3. The summed E-state index contributed by atoms with van der Waals surface area (Å²) >= 11 is 0. The lowest BCUT2D eigenvalue weighted by Crippen LogP contribution is -2.06. The molecule has 1 aliphatic heterocycles. The van der Waals surface area contributed by atoms with Gasteiger partial charge in [0.15, 0.2) is 6.29 Å². The first-order valence-corrected chi connectivity index (χ1v) is 10.4. The number of aromatic nitrogens is 2. The van der Waals surface area contributed by atoms with E-state index in [1.165, 1.54) is 0 Å². The average Bonchev–Trinajstić information content (AvgIpc) is 3.51. The predicted molar refractivity (Wildman–Crippen MR) is 118 cm³/mol. The molecule has 0 saturated carbocycles. The molecule has 0 atom stereocenters. The number of nitrogens with zero attached hydrogens (tertiary/aromatic N) is 3. The molecular formula is C25H21N3O4. The number of hydrogen-bond donors (Lipinski definition) is 0. The molecule has 1 aromatic heterocycles. The van der Waals surface area contributed by atoms with Crippen molar-refractivity contribution in [2.75, 3.05) is 13.2 Å². The quantitative estimate of drug-likeness (QED) is 0.429. The summed E-state index contributed by atoms with van der Waals surface area (Å²) in [5, 5.41) is 15.7. The lowest BCUT2D eigenvalue weighted by molar-refractivity contribution is -0.0429. The van der Waals surface area contributed by atoms with Crippen molar-refractivity contribution in [2.24, 2.45) is 0 Å². The Bertz CT molecular complexity index is 1320. The third-order valence-corrected chi connectivity index (χ3v) is 5.21. The minimum Gasteiger partial charge on any atom is -0.490 e. The van der Waals surface area contributed by atoms with Gasteiger partial charge in [-0.3, -0.25) is 0 Å². The first-order chi connectivity index (χ1) is 15.6. The zero-order valence-corrected chi connectivity index (χ0v) is 17.7. The van der Waals surface area contributed by atoms with Gasteiger partial charge in [-0.2, -0.15) is 10.2 Å². The standard InChI is InChI=1S/C25H21N3O4/c1-15(2)31-22-10-7-16(13-17(22)14-26)24-27-23(28-32-24)20-8-9-21(25-29-11-12-30-25)19-6-4-3-5-18(19)20/h3-10,13,15,25H,11-12H2,1-2H3. The maximum absolute atomic E-state index is 9.50. The zero-order valence-electron chi connectivity index (χ0n) is 17.7. The van der Waals surface area contributed by atoms with E-state index in [-0.39, 0.29) is 12.4 Å². The molecule has 1 saturated heterocycles. The molecule has 5 rings (SSSR count). The van der Waals surface area contributed by atoms with E-state index in [1.54, 1.807) is 12.1 Å². The molecule has 7 heteroatoms. The maximum Gasteiger partial charge on any atom is 0.258 e. The van der Waals surface area contributed by atoms with Crippen LogP contribution in [-0.2, 0) is 9.47 Å². The van der Waals surface area contributed by atoms with Crippen LogP contribution in [0.4, 0.5) is 0 Å². The summed E-state index contributed by atoms with van der Waals surface area (Å²) in [4.78, 5) is 4.60. The van der Waals surface area contributed by atoms with Gasteiger partial charge < -0.3 is 18.7 Å². The molecule has 2 heterocycles. The molecule has 0 unspecified atom stereocenters. The van der Waals surface area contributed by atoms with Crippen LogP contribution in [0.2, 0.25) is 0 Å². The summed E-state index contributed by atoms with van der Waals surface area (Å²) in [5.41, 5.74) is 2.90. The second-order valence-corrected chi connectivity index (χ2v) is 7.73. The van der Waals surface area contributed by atoms with E-state index in [1.807, 2.05) is 56.3 Å². The van der Waals surface area contributed by atoms with Crippen molar-refractivity contribution in [3.05, 3.63) is 65.7 Å². The fourth-order valence-corrected chi connectivity index (χ4v) is 3.82. The molecule has 1 aliphatic rings. The highest BCUT2D eigenvalue weighted by Crippen LogP contribution is 2.36. The fraction of sp³-hybridized carbons (Fsp3) is 0.240. The third kappa shape index (κ3) is 3.71. The Balaban J connectivity index is 1.53. The van der Waals surface area contributed by atoms with Crippen LogP contribution in [0.15, 0.2) is 59.1 Å². The lowest BCUT2D eigenvalue weighted by atomic mass is 9.99. The Labute approximate surface area is 185 Å². The second-order valence-electron chi connectivity index (χ2n) is 7.73. The first-order valence-electron chi connectivity index (χ1n) is 10.4. The molecule has 3 aromatic carbocycles. The van der Waals surface area contributed by atoms with E-state index >= 15 is 0 Å². The minimum absolute atomic E-state index is 0.0285. The van der Waals surface area contributed by atoms with Crippen LogP contribution in [0.25, 0.3) is 33.6 Å². The van der Waals surface area contributed by atoms with Gasteiger partial charge >= 0.3 is 0 Å². The predicted octanol–water partition coefficient (Wildman–Crippen LogP) is 5.26. The van der Waals surface area contributed by atoms with Gasteiger partial charge in [-0.05, 0) is 48.9 Å². The lowest BCUT2D eigenvalue weighted by Gasteiger charge is -2.14. The Morgan fingerprint density at radius 2 is 1.81 bits per heavy atom. The van der Waals surface area contributed by atoms with Crippen molar-refractivity contribution < 1.29 is 18.7 Å². The molecule has 0 amide bonds. The molecule has 0 N–H and O–H groups in total. The van der Waals surface area contributed by atoms with Crippen molar-refractivity contribution in [1.29, 1.82) is 5.26 Å². The van der Waals surface area contributed by atoms with Crippen LogP contribution in [0.3, 0.4) is 0 Å². The summed E-state index contributed by atoms with van der Waals surface area (Å²) in [7, 11) is 0. The van der Waals surface area contributed by atoms with Crippen LogP contribution >= 0.6 is 0 Å². The van der Waals surface area contributed by atoms with Gasteiger partial charge in [0, 0.05) is 16.7 Å². The van der Waals surface area contributed by atoms with Gasteiger partial charge in [0.1, 0.15) is 11.8 Å². The highest BCUT2D eigenvalue weighted by molar-refractivity contribution is 5.97. The van der Waals surface area contributed by atoms with Crippen molar-refractivity contribution in [2.45, 2.75) is 26.2 Å². The van der Waals surface area contributed by atoms with Gasteiger partial charge in [0.2, 0.25) is 5.82 Å². The molecule has 160 valence electrons. The zero-order chi connectivity index (χ0) is 22.1. The van der Waals surface area contributed by atoms with E-state index in [2.05, 4.69) is 16.2 Å². The van der Waals surface area contributed by atoms with Gasteiger partial charge in [0.05, 0.1) is 24.9 Å². The van der Waals surface area contributed by atoms with Crippen LogP contribution in [-0.4, -0.2) is 29.5 Å². The van der Waals surface area contributed by atoms with Gasteiger partial charge in [-0.25, -0.2) is 0 Å². The smallest absolute Gasteiger partial charge is 0.258 e. The van der Waals surface area contributed by atoms with E-state index in [4.69, 9.17) is 18.7 Å². The second kappa shape index (κ2) is 8.42. The van der Waals surface area contributed by atoms with E-state index in [9.17, 15) is 5.26 Å². The average molecular weight is 427 g/mol. The van der Waals surface area contributed by atoms with Gasteiger partial charge in [-0.15, -0.1) is 0 Å². The Kier molecular flexibility index (Phi) is 5.31. The first kappa shape index (κ1) is 20.2. The number of nitriles is 1. The highest BCUT2D eigenvalue weighted by Gasteiger charge is 2.22. The van der Waals surface area contributed by atoms with E-state index in [0.717, 1.165) is 21.9 Å². The number of fused-ring (bicyclic) bond motifs is 1. The van der Waals surface area contributed by atoms with Crippen LogP contribution in [0.1, 0.15) is 31.3 Å². The molecule has 1 fully saturated rings. The van der Waals surface area contributed by atoms with Gasteiger partial charge in [-0.1, -0.05) is 35.5 Å². The number of rotatable bonds is 5. The molecule has 4 aromatic rings. The van der Waals surface area contributed by atoms with Gasteiger partial charge in [0.25, 0.3) is 5.89 Å². The topological polar surface area (TPSA) is 90.4 Å². The molecule has 0 radical (unpaired) electrons.